The maximum atomic E-state index is 14.1. The number of para-hydroxylation sites is 1. The van der Waals surface area contributed by atoms with E-state index in [-0.39, 0.29) is 18.1 Å². The number of pyridine rings is 1. The van der Waals surface area contributed by atoms with Crippen LogP contribution in [0, 0.1) is 12.8 Å². The van der Waals surface area contributed by atoms with Gasteiger partial charge >= 0.3 is 12.6 Å². The van der Waals surface area contributed by atoms with E-state index >= 15 is 0 Å². The van der Waals surface area contributed by atoms with Gasteiger partial charge in [-0.3, -0.25) is 9.59 Å². The second kappa shape index (κ2) is 11.7. The predicted molar refractivity (Wildman–Crippen MR) is 152 cm³/mol. The molecule has 0 saturated heterocycles. The molecular weight excluding hydrogens is 582 g/mol. The zero-order valence-corrected chi connectivity index (χ0v) is 23.2. The number of hydrogen-bond donors (Lipinski definition) is 2. The van der Waals surface area contributed by atoms with Gasteiger partial charge in [-0.15, -0.1) is 0 Å². The number of carboxylic acid groups (broad SMARTS) is 1. The van der Waals surface area contributed by atoms with E-state index in [4.69, 9.17) is 9.72 Å². The molecular formula is C31H27BrF2N2O4. The van der Waals surface area contributed by atoms with Gasteiger partial charge in [0.2, 0.25) is 0 Å². The number of aliphatic carboxylic acids is 1. The van der Waals surface area contributed by atoms with Gasteiger partial charge in [0.1, 0.15) is 5.75 Å². The standard InChI is InChI=1S/C31H27BrF2N2O4/c1-17-27(23-16-20(32)12-14-25(23)35-28(17)18-7-3-2-4-8-18)29(37)36-24-13-11-19(30(38)39)15-22(24)21-9-5-6-10-26(21)40-31(33)34/h2-10,12,14,16,19,22,24,31H,11,13,15H2,1H3,(H,36,37)(H,38,39)/t19-,22?,24+/m1/s1. The van der Waals surface area contributed by atoms with E-state index in [9.17, 15) is 23.5 Å². The van der Waals surface area contributed by atoms with Crippen molar-refractivity contribution in [1.29, 1.82) is 0 Å². The Hall–Kier alpha value is -3.85. The number of hydrogen-bond acceptors (Lipinski definition) is 4. The van der Waals surface area contributed by atoms with E-state index in [1.54, 1.807) is 18.2 Å². The highest BCUT2D eigenvalue weighted by Crippen LogP contribution is 2.41. The number of carbonyl (C=O) groups is 2. The number of alkyl halides is 2. The van der Waals surface area contributed by atoms with Crippen molar-refractivity contribution >= 4 is 38.7 Å². The van der Waals surface area contributed by atoms with Crippen molar-refractivity contribution in [1.82, 2.24) is 10.3 Å². The molecule has 1 heterocycles. The minimum Gasteiger partial charge on any atom is -0.481 e. The average Bonchev–Trinajstić information content (AvgIpc) is 2.93. The van der Waals surface area contributed by atoms with Gasteiger partial charge in [-0.25, -0.2) is 4.98 Å². The predicted octanol–water partition coefficient (Wildman–Crippen LogP) is 7.34. The fourth-order valence-corrected chi connectivity index (χ4v) is 6.00. The van der Waals surface area contributed by atoms with Gasteiger partial charge in [0, 0.05) is 27.4 Å². The van der Waals surface area contributed by atoms with Crippen LogP contribution in [0.5, 0.6) is 5.75 Å². The largest absolute Gasteiger partial charge is 0.481 e. The van der Waals surface area contributed by atoms with E-state index in [2.05, 4.69) is 21.2 Å². The Balaban J connectivity index is 1.57. The van der Waals surface area contributed by atoms with Crippen LogP contribution in [-0.2, 0) is 4.79 Å². The van der Waals surface area contributed by atoms with Gasteiger partial charge in [0.25, 0.3) is 5.91 Å². The summed E-state index contributed by atoms with van der Waals surface area (Å²) in [6.07, 6.45) is 0.903. The number of rotatable bonds is 7. The molecule has 9 heteroatoms. The lowest BCUT2D eigenvalue weighted by Crippen LogP contribution is -2.44. The van der Waals surface area contributed by atoms with Gasteiger partial charge in [-0.2, -0.15) is 8.78 Å². The molecule has 4 aromatic rings. The van der Waals surface area contributed by atoms with E-state index in [1.807, 2.05) is 55.5 Å². The molecule has 1 fully saturated rings. The summed E-state index contributed by atoms with van der Waals surface area (Å²) in [7, 11) is 0. The second-order valence-electron chi connectivity index (χ2n) is 9.94. The molecule has 1 aromatic heterocycles. The van der Waals surface area contributed by atoms with Crippen LogP contribution in [-0.4, -0.2) is 34.6 Å². The quantitative estimate of drug-likeness (QED) is 0.229. The number of aromatic nitrogens is 1. The zero-order valence-electron chi connectivity index (χ0n) is 21.6. The molecule has 1 aliphatic rings. The maximum Gasteiger partial charge on any atom is 0.387 e. The molecule has 0 bridgehead atoms. The first-order valence-electron chi connectivity index (χ1n) is 13.0. The van der Waals surface area contributed by atoms with E-state index in [0.29, 0.717) is 46.1 Å². The summed E-state index contributed by atoms with van der Waals surface area (Å²) in [5, 5.41) is 13.5. The Kier molecular flexibility index (Phi) is 8.12. The number of carbonyl (C=O) groups excluding carboxylic acids is 1. The molecule has 0 radical (unpaired) electrons. The van der Waals surface area contributed by atoms with Crippen LogP contribution in [0.1, 0.15) is 46.7 Å². The first-order valence-corrected chi connectivity index (χ1v) is 13.7. The van der Waals surface area contributed by atoms with Crippen LogP contribution in [0.4, 0.5) is 8.78 Å². The van der Waals surface area contributed by atoms with Gasteiger partial charge in [-0.05, 0) is 61.6 Å². The summed E-state index contributed by atoms with van der Waals surface area (Å²) in [6.45, 7) is -1.18. The van der Waals surface area contributed by atoms with Crippen molar-refractivity contribution in [3.63, 3.8) is 0 Å². The lowest BCUT2D eigenvalue weighted by molar-refractivity contribution is -0.143. The molecule has 0 spiro atoms. The molecule has 0 aliphatic heterocycles. The van der Waals surface area contributed by atoms with E-state index < -0.39 is 30.5 Å². The van der Waals surface area contributed by atoms with Crippen LogP contribution in [0.25, 0.3) is 22.2 Å². The third kappa shape index (κ3) is 5.70. The molecule has 1 saturated carbocycles. The number of ether oxygens (including phenoxy) is 1. The number of fused-ring (bicyclic) bond motifs is 1. The molecule has 3 atom stereocenters. The molecule has 206 valence electrons. The van der Waals surface area contributed by atoms with Crippen LogP contribution in [0.2, 0.25) is 0 Å². The Morgan fingerprint density at radius 3 is 2.50 bits per heavy atom. The highest BCUT2D eigenvalue weighted by molar-refractivity contribution is 9.10. The highest BCUT2D eigenvalue weighted by atomic mass is 79.9. The third-order valence-corrected chi connectivity index (χ3v) is 8.01. The molecule has 3 aromatic carbocycles. The normalized spacial score (nSPS) is 19.0. The molecule has 1 amide bonds. The first-order chi connectivity index (χ1) is 19.2. The van der Waals surface area contributed by atoms with E-state index in [1.165, 1.54) is 6.07 Å². The number of nitrogens with one attached hydrogen (secondary N) is 1. The smallest absolute Gasteiger partial charge is 0.387 e. The number of nitrogens with zero attached hydrogens (tertiary/aromatic N) is 1. The Bertz CT molecular complexity index is 1560. The zero-order chi connectivity index (χ0) is 28.4. The minimum atomic E-state index is -3.03. The fourth-order valence-electron chi connectivity index (χ4n) is 5.64. The van der Waals surface area contributed by atoms with Gasteiger partial charge in [0.05, 0.1) is 22.7 Å². The maximum absolute atomic E-state index is 14.1. The summed E-state index contributed by atoms with van der Waals surface area (Å²) in [5.74, 6) is -2.51. The number of carboxylic acids is 1. The number of benzene rings is 3. The van der Waals surface area contributed by atoms with Crippen molar-refractivity contribution < 1.29 is 28.2 Å². The highest BCUT2D eigenvalue weighted by Gasteiger charge is 2.37. The van der Waals surface area contributed by atoms with Gasteiger partial charge in [0.15, 0.2) is 0 Å². The summed E-state index contributed by atoms with van der Waals surface area (Å²) < 4.78 is 32.0. The molecule has 2 N–H and O–H groups in total. The van der Waals surface area contributed by atoms with Crippen LogP contribution in [0.15, 0.2) is 77.3 Å². The third-order valence-electron chi connectivity index (χ3n) is 7.52. The van der Waals surface area contributed by atoms with Crippen LogP contribution < -0.4 is 10.1 Å². The van der Waals surface area contributed by atoms with Gasteiger partial charge < -0.3 is 15.2 Å². The number of amides is 1. The summed E-state index contributed by atoms with van der Waals surface area (Å²) >= 11 is 3.50. The molecule has 6 nitrogen and oxygen atoms in total. The first kappa shape index (κ1) is 27.7. The van der Waals surface area contributed by atoms with Crippen molar-refractivity contribution in [2.24, 2.45) is 5.92 Å². The van der Waals surface area contributed by atoms with Crippen molar-refractivity contribution in [2.45, 2.75) is 44.8 Å². The summed E-state index contributed by atoms with van der Waals surface area (Å²) in [4.78, 5) is 30.8. The fraction of sp³-hybridized carbons (Fsp3) is 0.258. The Labute approximate surface area is 238 Å². The van der Waals surface area contributed by atoms with Crippen molar-refractivity contribution in [3.8, 4) is 17.0 Å². The SMILES string of the molecule is Cc1c(-c2ccccc2)nc2ccc(Br)cc2c1C(=O)N[C@H]1CC[C@@H](C(=O)O)CC1c1ccccc1OC(F)F. The molecule has 40 heavy (non-hydrogen) atoms. The average molecular weight is 609 g/mol. The number of halogens is 3. The summed E-state index contributed by atoms with van der Waals surface area (Å²) in [5.41, 5.74) is 3.81. The summed E-state index contributed by atoms with van der Waals surface area (Å²) in [6, 6.07) is 21.0. The Morgan fingerprint density at radius 2 is 1.77 bits per heavy atom. The minimum absolute atomic E-state index is 0.0198. The second-order valence-corrected chi connectivity index (χ2v) is 10.9. The van der Waals surface area contributed by atoms with Crippen molar-refractivity contribution in [2.75, 3.05) is 0 Å². The van der Waals surface area contributed by atoms with Crippen LogP contribution >= 0.6 is 15.9 Å². The monoisotopic (exact) mass is 608 g/mol. The van der Waals surface area contributed by atoms with Crippen molar-refractivity contribution in [3.05, 3.63) is 94.0 Å². The van der Waals surface area contributed by atoms with Crippen LogP contribution in [0.3, 0.4) is 0 Å². The lowest BCUT2D eigenvalue weighted by Gasteiger charge is -2.36. The van der Waals surface area contributed by atoms with E-state index in [0.717, 1.165) is 10.0 Å². The molecule has 1 aliphatic carbocycles. The Morgan fingerprint density at radius 1 is 1.05 bits per heavy atom. The molecule has 5 rings (SSSR count). The topological polar surface area (TPSA) is 88.5 Å². The molecule has 1 unspecified atom stereocenters. The van der Waals surface area contributed by atoms with Gasteiger partial charge in [-0.1, -0.05) is 64.5 Å². The lowest BCUT2D eigenvalue weighted by atomic mass is 9.74.